The minimum absolute atomic E-state index is 0.00380. The molecule has 1 amide bonds. The molecule has 6 heterocycles. The highest BCUT2D eigenvalue weighted by atomic mass is 32.1. The van der Waals surface area contributed by atoms with E-state index in [1.54, 1.807) is 39.8 Å². The van der Waals surface area contributed by atoms with Crippen molar-refractivity contribution in [1.29, 1.82) is 5.26 Å². The molecule has 48 heavy (non-hydrogen) atoms. The SMILES string of the molecule is CN(C)c1nc(OC[C@@]23CCCN2C[C@H](F)C3)nc2c(F)c(-c3ncc(F)c4sc(NC(=O)OC(C)(C)C)c(C#N)c34)c3c(c12)COC3. The van der Waals surface area contributed by atoms with Crippen LogP contribution in [0.5, 0.6) is 6.01 Å². The quantitative estimate of drug-likeness (QED) is 0.243. The highest BCUT2D eigenvalue weighted by Gasteiger charge is 2.49. The summed E-state index contributed by atoms with van der Waals surface area (Å²) in [5.41, 5.74) is -0.315. The van der Waals surface area contributed by atoms with Crippen molar-refractivity contribution in [1.82, 2.24) is 19.9 Å². The van der Waals surface area contributed by atoms with Gasteiger partial charge >= 0.3 is 12.1 Å². The Balaban J connectivity index is 1.39. The van der Waals surface area contributed by atoms with E-state index in [9.17, 15) is 14.4 Å². The maximum atomic E-state index is 17.1. The van der Waals surface area contributed by atoms with E-state index in [0.717, 1.165) is 36.9 Å². The van der Waals surface area contributed by atoms with Crippen LogP contribution in [0.2, 0.25) is 0 Å². The summed E-state index contributed by atoms with van der Waals surface area (Å²) in [7, 11) is 3.55. The van der Waals surface area contributed by atoms with Gasteiger partial charge in [0.1, 0.15) is 40.8 Å². The molecule has 0 bridgehead atoms. The molecule has 2 atom stereocenters. The van der Waals surface area contributed by atoms with Gasteiger partial charge in [0.05, 0.1) is 46.3 Å². The standard InChI is InChI=1S/C33H34F3N7O4S/c1-32(2,3)47-31(44)41-29-17(10-37)22-25(38-11-20(35)27(22)48-29)21-18-13-45-14-19(18)23-26(24(21)36)39-30(40-28(23)42(4)5)46-15-33-7-6-8-43(33)12-16(34)9-33/h11,16H,6-9,12-15H2,1-5H3,(H,41,44)/t16-,33+/m1/s1. The Morgan fingerprint density at radius 2 is 2.02 bits per heavy atom. The molecule has 2 saturated heterocycles. The van der Waals surface area contributed by atoms with Gasteiger partial charge in [-0.15, -0.1) is 11.3 Å². The molecule has 2 fully saturated rings. The lowest BCUT2D eigenvalue weighted by molar-refractivity contribution is 0.0636. The van der Waals surface area contributed by atoms with E-state index in [1.807, 2.05) is 6.07 Å². The Kier molecular flexibility index (Phi) is 7.88. The predicted octanol–water partition coefficient (Wildman–Crippen LogP) is 6.45. The van der Waals surface area contributed by atoms with E-state index in [-0.39, 0.29) is 63.3 Å². The number of carbonyl (C=O) groups excluding carboxylic acids is 1. The zero-order chi connectivity index (χ0) is 34.1. The van der Waals surface area contributed by atoms with Gasteiger partial charge in [-0.2, -0.15) is 15.2 Å². The van der Waals surface area contributed by atoms with Gasteiger partial charge in [0.2, 0.25) is 0 Å². The van der Waals surface area contributed by atoms with Crippen molar-refractivity contribution in [2.75, 3.05) is 44.0 Å². The Morgan fingerprint density at radius 1 is 1.25 bits per heavy atom. The van der Waals surface area contributed by atoms with Crippen molar-refractivity contribution in [3.63, 3.8) is 0 Å². The van der Waals surface area contributed by atoms with Gasteiger partial charge in [0, 0.05) is 38.0 Å². The minimum atomic E-state index is -0.943. The van der Waals surface area contributed by atoms with Crippen LogP contribution in [0.25, 0.3) is 32.2 Å². The zero-order valence-corrected chi connectivity index (χ0v) is 28.0. The van der Waals surface area contributed by atoms with E-state index >= 15 is 8.78 Å². The highest BCUT2D eigenvalue weighted by molar-refractivity contribution is 7.23. The third kappa shape index (κ3) is 5.36. The van der Waals surface area contributed by atoms with Crippen molar-refractivity contribution in [3.05, 3.63) is 34.5 Å². The van der Waals surface area contributed by atoms with Crippen LogP contribution in [0.15, 0.2) is 6.20 Å². The molecule has 1 N–H and O–H groups in total. The van der Waals surface area contributed by atoms with Crippen LogP contribution in [0.4, 0.5) is 28.8 Å². The second-order valence-electron chi connectivity index (χ2n) is 13.7. The minimum Gasteiger partial charge on any atom is -0.461 e. The molecule has 0 aliphatic carbocycles. The topological polar surface area (TPSA) is 126 Å². The van der Waals surface area contributed by atoms with Gasteiger partial charge in [-0.1, -0.05) is 0 Å². The third-order valence-corrected chi connectivity index (χ3v) is 10.2. The number of nitriles is 1. The molecule has 0 spiro atoms. The number of fused-ring (bicyclic) bond motifs is 5. The summed E-state index contributed by atoms with van der Waals surface area (Å²) in [6.45, 7) is 6.53. The third-order valence-electron chi connectivity index (χ3n) is 9.04. The van der Waals surface area contributed by atoms with Crippen molar-refractivity contribution in [2.45, 2.75) is 70.6 Å². The summed E-state index contributed by atoms with van der Waals surface area (Å²) in [5, 5.41) is 13.3. The molecule has 0 radical (unpaired) electrons. The normalized spacial score (nSPS) is 20.6. The smallest absolute Gasteiger partial charge is 0.412 e. The van der Waals surface area contributed by atoms with Crippen LogP contribution in [-0.2, 0) is 22.7 Å². The van der Waals surface area contributed by atoms with Gasteiger partial charge in [-0.25, -0.2) is 18.0 Å². The molecule has 252 valence electrons. The maximum absolute atomic E-state index is 17.1. The Labute approximate surface area is 278 Å². The van der Waals surface area contributed by atoms with Crippen LogP contribution in [0.1, 0.15) is 56.7 Å². The molecule has 0 unspecified atom stereocenters. The first-order chi connectivity index (χ1) is 22.8. The molecule has 3 aromatic heterocycles. The highest BCUT2D eigenvalue weighted by Crippen LogP contribution is 2.47. The first kappa shape index (κ1) is 32.3. The second-order valence-corrected chi connectivity index (χ2v) is 14.7. The molecule has 0 saturated carbocycles. The largest absolute Gasteiger partial charge is 0.461 e. The molecule has 3 aliphatic heterocycles. The summed E-state index contributed by atoms with van der Waals surface area (Å²) in [6, 6.07) is 1.98. The number of alkyl halides is 1. The number of halogens is 3. The predicted molar refractivity (Wildman–Crippen MR) is 174 cm³/mol. The number of hydrogen-bond acceptors (Lipinski definition) is 11. The fourth-order valence-corrected chi connectivity index (χ4v) is 8.16. The molecule has 1 aromatic carbocycles. The number of nitrogens with zero attached hydrogens (tertiary/aromatic N) is 6. The summed E-state index contributed by atoms with van der Waals surface area (Å²) >= 11 is 0.829. The molecule has 7 rings (SSSR count). The first-order valence-electron chi connectivity index (χ1n) is 15.6. The van der Waals surface area contributed by atoms with Gasteiger partial charge in [0.25, 0.3) is 0 Å². The number of hydrogen-bond donors (Lipinski definition) is 1. The van der Waals surface area contributed by atoms with Crippen LogP contribution >= 0.6 is 11.3 Å². The van der Waals surface area contributed by atoms with Crippen LogP contribution in [0.3, 0.4) is 0 Å². The number of benzene rings is 1. The molecular formula is C33H34F3N7O4S. The van der Waals surface area contributed by atoms with Gasteiger partial charge < -0.3 is 19.1 Å². The molecule has 15 heteroatoms. The van der Waals surface area contributed by atoms with Gasteiger partial charge in [-0.3, -0.25) is 15.2 Å². The molecule has 11 nitrogen and oxygen atoms in total. The molecular weight excluding hydrogens is 647 g/mol. The number of rotatable bonds is 6. The number of nitrogens with one attached hydrogen (secondary N) is 1. The van der Waals surface area contributed by atoms with E-state index in [0.29, 0.717) is 35.3 Å². The number of aromatic nitrogens is 3. The monoisotopic (exact) mass is 681 g/mol. The van der Waals surface area contributed by atoms with Crippen molar-refractivity contribution >= 4 is 49.2 Å². The Bertz CT molecular complexity index is 2030. The molecule has 3 aliphatic rings. The average molecular weight is 682 g/mol. The van der Waals surface area contributed by atoms with E-state index < -0.39 is 35.0 Å². The zero-order valence-electron chi connectivity index (χ0n) is 27.2. The number of carbonyl (C=O) groups is 1. The summed E-state index contributed by atoms with van der Waals surface area (Å²) < 4.78 is 64.2. The summed E-state index contributed by atoms with van der Waals surface area (Å²) in [5.74, 6) is -1.10. The van der Waals surface area contributed by atoms with E-state index in [2.05, 4.69) is 25.2 Å². The fourth-order valence-electron chi connectivity index (χ4n) is 7.12. The number of thiophene rings is 1. The van der Waals surface area contributed by atoms with Crippen LogP contribution < -0.4 is 15.0 Å². The van der Waals surface area contributed by atoms with Crippen LogP contribution in [-0.4, -0.2) is 77.0 Å². The lowest BCUT2D eigenvalue weighted by Crippen LogP contribution is -2.43. The number of pyridine rings is 1. The Hall–Kier alpha value is -4.26. The lowest BCUT2D eigenvalue weighted by atomic mass is 9.93. The summed E-state index contributed by atoms with van der Waals surface area (Å²) in [4.78, 5) is 30.0. The second kappa shape index (κ2) is 11.7. The number of amides is 1. The fraction of sp³-hybridized carbons (Fsp3) is 0.485. The van der Waals surface area contributed by atoms with Crippen molar-refractivity contribution in [3.8, 4) is 23.3 Å². The first-order valence-corrected chi connectivity index (χ1v) is 16.5. The lowest BCUT2D eigenvalue weighted by Gasteiger charge is -2.31. The maximum Gasteiger partial charge on any atom is 0.412 e. The van der Waals surface area contributed by atoms with E-state index in [4.69, 9.17) is 14.2 Å². The number of ether oxygens (including phenoxy) is 3. The average Bonchev–Trinajstić information content (AvgIpc) is 3.78. The Morgan fingerprint density at radius 3 is 2.75 bits per heavy atom. The summed E-state index contributed by atoms with van der Waals surface area (Å²) in [6.07, 6.45) is 1.26. The van der Waals surface area contributed by atoms with Crippen molar-refractivity contribution < 1.29 is 32.2 Å². The van der Waals surface area contributed by atoms with Gasteiger partial charge in [0.15, 0.2) is 11.6 Å². The van der Waals surface area contributed by atoms with Crippen molar-refractivity contribution in [2.24, 2.45) is 0 Å². The van der Waals surface area contributed by atoms with Crippen LogP contribution in [0, 0.1) is 23.0 Å². The van der Waals surface area contributed by atoms with E-state index in [1.165, 1.54) is 0 Å². The molecule has 4 aromatic rings. The number of anilines is 2. The van der Waals surface area contributed by atoms with Gasteiger partial charge in [-0.05, 0) is 51.3 Å².